The van der Waals surface area contributed by atoms with Crippen molar-refractivity contribution in [2.24, 2.45) is 0 Å². The van der Waals surface area contributed by atoms with Crippen LogP contribution in [0, 0.1) is 0 Å². The summed E-state index contributed by atoms with van der Waals surface area (Å²) in [4.78, 5) is 14.5. The summed E-state index contributed by atoms with van der Waals surface area (Å²) in [5.41, 5.74) is 5.88. The summed E-state index contributed by atoms with van der Waals surface area (Å²) in [7, 11) is 3.98. The first-order chi connectivity index (χ1) is 10.1. The van der Waals surface area contributed by atoms with Crippen LogP contribution in [0.4, 0.5) is 5.69 Å². The number of nitrogens with zero attached hydrogens (tertiary/aromatic N) is 1. The van der Waals surface area contributed by atoms with Crippen LogP contribution in [0.1, 0.15) is 33.5 Å². The van der Waals surface area contributed by atoms with Crippen LogP contribution in [-0.2, 0) is 19.3 Å². The number of benzene rings is 2. The highest BCUT2D eigenvalue weighted by Crippen LogP contribution is 2.23. The van der Waals surface area contributed by atoms with E-state index in [0.29, 0.717) is 6.42 Å². The molecule has 0 N–H and O–H groups in total. The lowest BCUT2D eigenvalue weighted by molar-refractivity contribution is 0.0993. The van der Waals surface area contributed by atoms with Crippen molar-refractivity contribution in [2.75, 3.05) is 19.0 Å². The first-order valence-corrected chi connectivity index (χ1v) is 7.55. The first-order valence-electron chi connectivity index (χ1n) is 7.55. The van der Waals surface area contributed by atoms with Gasteiger partial charge in [0.1, 0.15) is 0 Å². The van der Waals surface area contributed by atoms with Crippen molar-refractivity contribution < 1.29 is 4.79 Å². The average molecular weight is 279 g/mol. The Kier molecular flexibility index (Phi) is 3.78. The molecule has 0 saturated heterocycles. The van der Waals surface area contributed by atoms with Gasteiger partial charge in [-0.05, 0) is 48.1 Å². The Balaban J connectivity index is 1.78. The number of carbonyl (C=O) groups excluding carboxylic acids is 1. The largest absolute Gasteiger partial charge is 0.378 e. The van der Waals surface area contributed by atoms with E-state index in [0.717, 1.165) is 23.2 Å². The van der Waals surface area contributed by atoms with Gasteiger partial charge < -0.3 is 4.90 Å². The molecule has 0 saturated carbocycles. The van der Waals surface area contributed by atoms with E-state index in [1.54, 1.807) is 0 Å². The van der Waals surface area contributed by atoms with Crippen LogP contribution >= 0.6 is 0 Å². The summed E-state index contributed by atoms with van der Waals surface area (Å²) in [6.07, 6.45) is 4.09. The molecule has 0 heterocycles. The quantitative estimate of drug-likeness (QED) is 0.796. The molecule has 0 unspecified atom stereocenters. The lowest BCUT2D eigenvalue weighted by Gasteiger charge is -2.13. The second kappa shape index (κ2) is 5.72. The average Bonchev–Trinajstić information content (AvgIpc) is 2.95. The number of aryl methyl sites for hydroxylation is 2. The fraction of sp³-hybridized carbons (Fsp3) is 0.316. The maximum absolute atomic E-state index is 12.5. The van der Waals surface area contributed by atoms with Gasteiger partial charge in [0, 0.05) is 31.8 Å². The number of carbonyl (C=O) groups is 1. The van der Waals surface area contributed by atoms with Crippen LogP contribution in [0.2, 0.25) is 0 Å². The van der Waals surface area contributed by atoms with Gasteiger partial charge in [0.2, 0.25) is 0 Å². The number of hydrogen-bond donors (Lipinski definition) is 0. The van der Waals surface area contributed by atoms with E-state index in [9.17, 15) is 4.79 Å². The third-order valence-corrected chi connectivity index (χ3v) is 4.21. The Morgan fingerprint density at radius 3 is 2.67 bits per heavy atom. The van der Waals surface area contributed by atoms with Crippen molar-refractivity contribution in [3.63, 3.8) is 0 Å². The van der Waals surface area contributed by atoms with Gasteiger partial charge in [-0.15, -0.1) is 0 Å². The molecule has 0 fully saturated rings. The number of ketones is 1. The molecule has 108 valence electrons. The topological polar surface area (TPSA) is 20.3 Å². The van der Waals surface area contributed by atoms with E-state index in [1.807, 2.05) is 43.3 Å². The lowest BCUT2D eigenvalue weighted by atomic mass is 9.99. The van der Waals surface area contributed by atoms with E-state index < -0.39 is 0 Å². The minimum Gasteiger partial charge on any atom is -0.378 e. The molecule has 0 aliphatic heterocycles. The molecule has 0 bridgehead atoms. The predicted octanol–water partition coefficient (Wildman–Crippen LogP) is 3.67. The van der Waals surface area contributed by atoms with Crippen LogP contribution in [-0.4, -0.2) is 19.9 Å². The van der Waals surface area contributed by atoms with Gasteiger partial charge in [-0.3, -0.25) is 4.79 Å². The molecule has 1 aliphatic rings. The second-order valence-electron chi connectivity index (χ2n) is 6.00. The van der Waals surface area contributed by atoms with Crippen LogP contribution in [0.3, 0.4) is 0 Å². The molecule has 1 aliphatic carbocycles. The van der Waals surface area contributed by atoms with Crippen LogP contribution in [0.5, 0.6) is 0 Å². The number of Topliss-reactive ketones (excluding diaryl/α,β-unsaturated/α-hetero) is 1. The molecule has 2 nitrogen and oxygen atoms in total. The standard InChI is InChI=1S/C19H21NO/c1-20(2)18-8-4-7-17(13-18)19(21)12-14-9-10-15-5-3-6-16(15)11-14/h4,7-11,13H,3,5-6,12H2,1-2H3. The molecule has 2 aromatic rings. The maximum Gasteiger partial charge on any atom is 0.167 e. The van der Waals surface area contributed by atoms with E-state index in [1.165, 1.54) is 24.0 Å². The van der Waals surface area contributed by atoms with E-state index in [-0.39, 0.29) is 5.78 Å². The summed E-state index contributed by atoms with van der Waals surface area (Å²) < 4.78 is 0. The van der Waals surface area contributed by atoms with Gasteiger partial charge in [-0.2, -0.15) is 0 Å². The maximum atomic E-state index is 12.5. The summed E-state index contributed by atoms with van der Waals surface area (Å²) in [5, 5.41) is 0. The molecule has 0 spiro atoms. The highest BCUT2D eigenvalue weighted by atomic mass is 16.1. The minimum absolute atomic E-state index is 0.191. The lowest BCUT2D eigenvalue weighted by Crippen LogP contribution is -2.10. The highest BCUT2D eigenvalue weighted by molar-refractivity contribution is 5.98. The van der Waals surface area contributed by atoms with E-state index >= 15 is 0 Å². The van der Waals surface area contributed by atoms with E-state index in [4.69, 9.17) is 0 Å². The molecule has 0 radical (unpaired) electrons. The second-order valence-corrected chi connectivity index (χ2v) is 6.00. The van der Waals surface area contributed by atoms with Gasteiger partial charge in [-0.25, -0.2) is 0 Å². The predicted molar refractivity (Wildman–Crippen MR) is 87.3 cm³/mol. The van der Waals surface area contributed by atoms with Gasteiger partial charge in [-0.1, -0.05) is 30.3 Å². The highest BCUT2D eigenvalue weighted by Gasteiger charge is 2.13. The molecule has 2 heteroatoms. The Labute approximate surface area is 126 Å². The van der Waals surface area contributed by atoms with Crippen LogP contribution < -0.4 is 4.90 Å². The zero-order valence-corrected chi connectivity index (χ0v) is 12.7. The number of fused-ring (bicyclic) bond motifs is 1. The zero-order chi connectivity index (χ0) is 14.8. The molecule has 0 atom stereocenters. The normalized spacial score (nSPS) is 13.0. The Morgan fingerprint density at radius 2 is 1.86 bits per heavy atom. The van der Waals surface area contributed by atoms with Gasteiger partial charge >= 0.3 is 0 Å². The molecule has 0 aromatic heterocycles. The Morgan fingerprint density at radius 1 is 1.05 bits per heavy atom. The Hall–Kier alpha value is -2.09. The van der Waals surface area contributed by atoms with Crippen LogP contribution in [0.25, 0.3) is 0 Å². The SMILES string of the molecule is CN(C)c1cccc(C(=O)Cc2ccc3c(c2)CCC3)c1. The van der Waals surface area contributed by atoms with Crippen molar-refractivity contribution >= 4 is 11.5 Å². The third-order valence-electron chi connectivity index (χ3n) is 4.21. The minimum atomic E-state index is 0.191. The smallest absolute Gasteiger partial charge is 0.167 e. The van der Waals surface area contributed by atoms with Crippen LogP contribution in [0.15, 0.2) is 42.5 Å². The molecule has 3 rings (SSSR count). The van der Waals surface area contributed by atoms with Crippen molar-refractivity contribution in [1.82, 2.24) is 0 Å². The summed E-state index contributed by atoms with van der Waals surface area (Å²) in [5.74, 6) is 0.191. The van der Waals surface area contributed by atoms with Crippen molar-refractivity contribution in [2.45, 2.75) is 25.7 Å². The monoisotopic (exact) mass is 279 g/mol. The third kappa shape index (κ3) is 2.99. The van der Waals surface area contributed by atoms with Gasteiger partial charge in [0.15, 0.2) is 5.78 Å². The van der Waals surface area contributed by atoms with Crippen molar-refractivity contribution in [1.29, 1.82) is 0 Å². The zero-order valence-electron chi connectivity index (χ0n) is 12.7. The Bertz CT molecular complexity index is 673. The van der Waals surface area contributed by atoms with Crippen molar-refractivity contribution in [3.8, 4) is 0 Å². The molecule has 21 heavy (non-hydrogen) atoms. The van der Waals surface area contributed by atoms with E-state index in [2.05, 4.69) is 18.2 Å². The fourth-order valence-electron chi connectivity index (χ4n) is 2.98. The summed E-state index contributed by atoms with van der Waals surface area (Å²) >= 11 is 0. The molecular weight excluding hydrogens is 258 g/mol. The summed E-state index contributed by atoms with van der Waals surface area (Å²) in [6.45, 7) is 0. The van der Waals surface area contributed by atoms with Gasteiger partial charge in [0.05, 0.1) is 0 Å². The van der Waals surface area contributed by atoms with Gasteiger partial charge in [0.25, 0.3) is 0 Å². The summed E-state index contributed by atoms with van der Waals surface area (Å²) in [6, 6.07) is 14.4. The molecular formula is C19H21NO. The van der Waals surface area contributed by atoms with Crippen molar-refractivity contribution in [3.05, 3.63) is 64.7 Å². The molecule has 2 aromatic carbocycles. The number of rotatable bonds is 4. The number of anilines is 1. The number of hydrogen-bond acceptors (Lipinski definition) is 2. The fourth-order valence-corrected chi connectivity index (χ4v) is 2.98. The first kappa shape index (κ1) is 13.9. The molecule has 0 amide bonds.